The fourth-order valence-corrected chi connectivity index (χ4v) is 4.14. The van der Waals surface area contributed by atoms with Gasteiger partial charge in [0.1, 0.15) is 12.4 Å². The van der Waals surface area contributed by atoms with E-state index < -0.39 is 0 Å². The van der Waals surface area contributed by atoms with Crippen LogP contribution in [0.15, 0.2) is 29.3 Å². The Morgan fingerprint density at radius 3 is 2.19 bits per heavy atom. The second kappa shape index (κ2) is 13.2. The van der Waals surface area contributed by atoms with Crippen LogP contribution in [0.1, 0.15) is 50.5 Å². The molecule has 1 aromatic carbocycles. The van der Waals surface area contributed by atoms with Gasteiger partial charge in [0.2, 0.25) is 5.91 Å². The largest absolute Gasteiger partial charge is 0.354 e. The van der Waals surface area contributed by atoms with Gasteiger partial charge in [-0.25, -0.2) is 9.38 Å². The van der Waals surface area contributed by atoms with Crippen LogP contribution in [0.25, 0.3) is 0 Å². The molecule has 1 aromatic rings. The molecule has 2 aliphatic rings. The Balaban J connectivity index is 0.00000341. The quantitative estimate of drug-likeness (QED) is 0.327. The summed E-state index contributed by atoms with van der Waals surface area (Å²) in [6.07, 6.45) is 8.19. The van der Waals surface area contributed by atoms with Crippen LogP contribution in [0.3, 0.4) is 0 Å². The van der Waals surface area contributed by atoms with Gasteiger partial charge in [0.05, 0.1) is 0 Å². The van der Waals surface area contributed by atoms with E-state index in [1.165, 1.54) is 44.2 Å². The lowest BCUT2D eigenvalue weighted by Gasteiger charge is -2.34. The number of likely N-dealkylation sites (tertiary alicyclic amines) is 1. The molecule has 1 saturated carbocycles. The number of nitrogens with zero attached hydrogens (tertiary/aromatic N) is 3. The molecule has 1 saturated heterocycles. The summed E-state index contributed by atoms with van der Waals surface area (Å²) in [7, 11) is 3.52. The lowest BCUT2D eigenvalue weighted by Crippen LogP contribution is -2.51. The van der Waals surface area contributed by atoms with Gasteiger partial charge in [-0.1, -0.05) is 31.4 Å². The molecule has 2 fully saturated rings. The highest BCUT2D eigenvalue weighted by atomic mass is 127. The zero-order valence-electron chi connectivity index (χ0n) is 18.8. The van der Waals surface area contributed by atoms with Gasteiger partial charge in [-0.3, -0.25) is 9.69 Å². The van der Waals surface area contributed by atoms with Crippen molar-refractivity contribution in [2.24, 2.45) is 4.99 Å². The second-order valence-electron chi connectivity index (χ2n) is 8.75. The van der Waals surface area contributed by atoms with Crippen LogP contribution in [-0.4, -0.2) is 67.5 Å². The van der Waals surface area contributed by atoms with E-state index in [0.29, 0.717) is 12.1 Å². The van der Waals surface area contributed by atoms with Gasteiger partial charge in [0.15, 0.2) is 5.96 Å². The Morgan fingerprint density at radius 1 is 1.03 bits per heavy atom. The van der Waals surface area contributed by atoms with Crippen LogP contribution < -0.4 is 10.6 Å². The predicted octanol–water partition coefficient (Wildman–Crippen LogP) is 3.36. The smallest absolute Gasteiger partial charge is 0.243 e. The first-order valence-corrected chi connectivity index (χ1v) is 11.2. The maximum absolute atomic E-state index is 13.1. The number of likely N-dealkylation sites (N-methyl/N-ethyl adjacent to an activating group) is 1. The zero-order valence-corrected chi connectivity index (χ0v) is 21.1. The predicted molar refractivity (Wildman–Crippen MR) is 134 cm³/mol. The van der Waals surface area contributed by atoms with Crippen molar-refractivity contribution in [3.8, 4) is 0 Å². The number of nitrogens with one attached hydrogen (secondary N) is 2. The highest BCUT2D eigenvalue weighted by Crippen LogP contribution is 2.18. The fourth-order valence-electron chi connectivity index (χ4n) is 4.14. The van der Waals surface area contributed by atoms with Crippen molar-refractivity contribution in [2.45, 2.75) is 63.6 Å². The first kappa shape index (κ1) is 25.8. The van der Waals surface area contributed by atoms with Gasteiger partial charge in [-0.15, -0.1) is 24.0 Å². The van der Waals surface area contributed by atoms with E-state index >= 15 is 0 Å². The van der Waals surface area contributed by atoms with Crippen molar-refractivity contribution in [2.75, 3.05) is 33.7 Å². The molecule has 31 heavy (non-hydrogen) atoms. The van der Waals surface area contributed by atoms with E-state index in [0.717, 1.165) is 44.0 Å². The lowest BCUT2D eigenvalue weighted by atomic mass is 9.95. The van der Waals surface area contributed by atoms with Crippen LogP contribution in [-0.2, 0) is 11.3 Å². The molecular formula is C23H37FIN5O. The number of carbonyl (C=O) groups excluding carboxylic acids is 1. The minimum absolute atomic E-state index is 0. The number of aliphatic imine (C=N–C) groups is 1. The molecule has 0 unspecified atom stereocenters. The van der Waals surface area contributed by atoms with E-state index in [2.05, 4.69) is 20.5 Å². The SMILES string of the molecule is CN(C)C(=O)CN=C(NC1CCCCC1)NC1CCN(Cc2ccc(F)cc2)CC1.I. The second-order valence-corrected chi connectivity index (χ2v) is 8.75. The number of amides is 1. The third kappa shape index (κ3) is 8.92. The van der Waals surface area contributed by atoms with Gasteiger partial charge in [-0.05, 0) is 43.4 Å². The third-order valence-electron chi connectivity index (χ3n) is 6.07. The van der Waals surface area contributed by atoms with Gasteiger partial charge < -0.3 is 15.5 Å². The summed E-state index contributed by atoms with van der Waals surface area (Å²) in [5.74, 6) is 0.592. The molecule has 0 aromatic heterocycles. The Kier molecular flexibility index (Phi) is 11.0. The van der Waals surface area contributed by atoms with Gasteiger partial charge in [0, 0.05) is 45.8 Å². The van der Waals surface area contributed by atoms with Crippen LogP contribution in [0.2, 0.25) is 0 Å². The summed E-state index contributed by atoms with van der Waals surface area (Å²) in [5.41, 5.74) is 1.14. The number of hydrogen-bond acceptors (Lipinski definition) is 3. The first-order chi connectivity index (χ1) is 14.5. The molecule has 1 aliphatic carbocycles. The molecule has 1 heterocycles. The minimum atomic E-state index is -0.188. The molecule has 1 aliphatic heterocycles. The molecule has 0 spiro atoms. The van der Waals surface area contributed by atoms with Crippen molar-refractivity contribution < 1.29 is 9.18 Å². The Morgan fingerprint density at radius 2 is 1.61 bits per heavy atom. The van der Waals surface area contributed by atoms with Gasteiger partial charge in [-0.2, -0.15) is 0 Å². The van der Waals surface area contributed by atoms with Crippen LogP contribution in [0, 0.1) is 5.82 Å². The maximum atomic E-state index is 13.1. The molecule has 2 N–H and O–H groups in total. The van der Waals surface area contributed by atoms with E-state index in [1.807, 2.05) is 12.1 Å². The molecule has 8 heteroatoms. The summed E-state index contributed by atoms with van der Waals surface area (Å²) >= 11 is 0. The van der Waals surface area contributed by atoms with Crippen molar-refractivity contribution in [3.63, 3.8) is 0 Å². The molecule has 174 valence electrons. The highest BCUT2D eigenvalue weighted by molar-refractivity contribution is 14.0. The van der Waals surface area contributed by atoms with E-state index in [1.54, 1.807) is 19.0 Å². The van der Waals surface area contributed by atoms with Crippen LogP contribution in [0.4, 0.5) is 4.39 Å². The number of benzene rings is 1. The van der Waals surface area contributed by atoms with Crippen LogP contribution >= 0.6 is 24.0 Å². The standard InChI is InChI=1S/C23H36FN5O.HI/c1-28(2)22(30)16-25-23(26-20-6-4-3-5-7-20)27-21-12-14-29(15-13-21)17-18-8-10-19(24)11-9-18;/h8-11,20-21H,3-7,12-17H2,1-2H3,(H2,25,26,27);1H. The van der Waals surface area contributed by atoms with Crippen molar-refractivity contribution in [1.82, 2.24) is 20.4 Å². The number of halogens is 2. The van der Waals surface area contributed by atoms with E-state index in [-0.39, 0.29) is 42.2 Å². The number of piperidine rings is 1. The molecule has 6 nitrogen and oxygen atoms in total. The first-order valence-electron chi connectivity index (χ1n) is 11.2. The molecule has 0 atom stereocenters. The number of carbonyl (C=O) groups is 1. The van der Waals surface area contributed by atoms with Crippen molar-refractivity contribution in [3.05, 3.63) is 35.6 Å². The monoisotopic (exact) mass is 545 g/mol. The summed E-state index contributed by atoms with van der Waals surface area (Å²) in [5, 5.41) is 7.15. The van der Waals surface area contributed by atoms with Crippen molar-refractivity contribution in [1.29, 1.82) is 0 Å². The summed E-state index contributed by atoms with van der Waals surface area (Å²) in [4.78, 5) is 20.6. The maximum Gasteiger partial charge on any atom is 0.243 e. The number of guanidine groups is 1. The molecule has 0 radical (unpaired) electrons. The average molecular weight is 545 g/mol. The molecule has 0 bridgehead atoms. The fraction of sp³-hybridized carbons (Fsp3) is 0.652. The number of rotatable bonds is 6. The van der Waals surface area contributed by atoms with Gasteiger partial charge in [0.25, 0.3) is 0 Å². The Bertz CT molecular complexity index is 698. The topological polar surface area (TPSA) is 60.0 Å². The van der Waals surface area contributed by atoms with E-state index in [4.69, 9.17) is 0 Å². The van der Waals surface area contributed by atoms with E-state index in [9.17, 15) is 9.18 Å². The highest BCUT2D eigenvalue weighted by Gasteiger charge is 2.22. The normalized spacial score (nSPS) is 18.9. The Hall–Kier alpha value is -1.42. The zero-order chi connectivity index (χ0) is 21.3. The average Bonchev–Trinajstić information content (AvgIpc) is 2.75. The summed E-state index contributed by atoms with van der Waals surface area (Å²) in [6, 6.07) is 7.56. The van der Waals surface area contributed by atoms with Crippen LogP contribution in [0.5, 0.6) is 0 Å². The molecular weight excluding hydrogens is 508 g/mol. The number of hydrogen-bond donors (Lipinski definition) is 2. The van der Waals surface area contributed by atoms with Crippen molar-refractivity contribution >= 4 is 35.8 Å². The summed E-state index contributed by atoms with van der Waals surface area (Å²) < 4.78 is 13.1. The third-order valence-corrected chi connectivity index (χ3v) is 6.07. The summed E-state index contributed by atoms with van der Waals surface area (Å²) in [6.45, 7) is 2.99. The molecule has 3 rings (SSSR count). The molecule has 1 amide bonds. The lowest BCUT2D eigenvalue weighted by molar-refractivity contribution is -0.127. The van der Waals surface area contributed by atoms with Gasteiger partial charge >= 0.3 is 0 Å². The Labute approximate surface area is 203 Å². The minimum Gasteiger partial charge on any atom is -0.354 e.